The molecular weight excluding hydrogens is 300 g/mol. The van der Waals surface area contributed by atoms with E-state index in [1.807, 2.05) is 13.2 Å². The van der Waals surface area contributed by atoms with Gasteiger partial charge in [-0.2, -0.15) is 0 Å². The normalized spacial score (nSPS) is 18.6. The van der Waals surface area contributed by atoms with Crippen LogP contribution in [0.5, 0.6) is 0 Å². The summed E-state index contributed by atoms with van der Waals surface area (Å²) in [6.45, 7) is 8.72. The molecule has 5 heteroatoms. The number of ketones is 1. The van der Waals surface area contributed by atoms with Crippen LogP contribution in [0.2, 0.25) is 0 Å². The molecule has 0 aromatic carbocycles. The van der Waals surface area contributed by atoms with E-state index < -0.39 is 0 Å². The fraction of sp³-hybridized carbons (Fsp3) is 0.688. The van der Waals surface area contributed by atoms with Gasteiger partial charge < -0.3 is 10.6 Å². The first kappa shape index (κ1) is 16.7. The Bertz CT molecular complexity index is 523. The zero-order valence-corrected chi connectivity index (χ0v) is 15.1. The van der Waals surface area contributed by atoms with Gasteiger partial charge in [-0.05, 0) is 30.9 Å². The monoisotopic (exact) mass is 326 g/mol. The first-order valence-electron chi connectivity index (χ1n) is 7.64. The third-order valence-electron chi connectivity index (χ3n) is 4.29. The Morgan fingerprint density at radius 1 is 1.38 bits per heavy atom. The lowest BCUT2D eigenvalue weighted by atomic mass is 9.85. The van der Waals surface area contributed by atoms with Gasteiger partial charge in [0, 0.05) is 19.5 Å². The summed E-state index contributed by atoms with van der Waals surface area (Å²) in [5.41, 5.74) is 7.34. The molecule has 2 N–H and O–H groups in total. The highest BCUT2D eigenvalue weighted by molar-refractivity contribution is 7.99. The quantitative estimate of drug-likeness (QED) is 0.645. The Morgan fingerprint density at radius 2 is 2.10 bits per heavy atom. The molecule has 3 nitrogen and oxygen atoms in total. The number of hydrogen-bond acceptors (Lipinski definition) is 5. The van der Waals surface area contributed by atoms with E-state index in [0.29, 0.717) is 17.5 Å². The number of rotatable bonds is 4. The highest BCUT2D eigenvalue weighted by Crippen LogP contribution is 2.45. The molecule has 0 unspecified atom stereocenters. The van der Waals surface area contributed by atoms with E-state index in [4.69, 9.17) is 5.73 Å². The summed E-state index contributed by atoms with van der Waals surface area (Å²) in [6, 6.07) is 0. The predicted octanol–water partition coefficient (Wildman–Crippen LogP) is 4.66. The van der Waals surface area contributed by atoms with E-state index >= 15 is 0 Å². The van der Waals surface area contributed by atoms with Crippen LogP contribution < -0.4 is 10.6 Å². The summed E-state index contributed by atoms with van der Waals surface area (Å²) in [7, 11) is 0. The molecule has 0 spiro atoms. The Morgan fingerprint density at radius 3 is 2.71 bits per heavy atom. The van der Waals surface area contributed by atoms with Crippen molar-refractivity contribution in [2.45, 2.75) is 51.3 Å². The van der Waals surface area contributed by atoms with Gasteiger partial charge in [-0.15, -0.1) is 23.1 Å². The third kappa shape index (κ3) is 3.57. The molecule has 1 saturated heterocycles. The van der Waals surface area contributed by atoms with Gasteiger partial charge in [0.15, 0.2) is 5.78 Å². The van der Waals surface area contributed by atoms with Gasteiger partial charge in [-0.3, -0.25) is 4.79 Å². The van der Waals surface area contributed by atoms with Crippen molar-refractivity contribution >= 4 is 39.6 Å². The maximum atomic E-state index is 12.1. The first-order valence-corrected chi connectivity index (χ1v) is 9.68. The summed E-state index contributed by atoms with van der Waals surface area (Å²) in [5.74, 6) is 0.161. The number of carbonyl (C=O) groups excluding carboxylic acids is 1. The number of nitrogen functional groups attached to an aromatic ring is 1. The minimum atomic E-state index is 0.161. The average Bonchev–Trinajstić information content (AvgIpc) is 2.66. The second-order valence-corrected chi connectivity index (χ2v) is 8.28. The zero-order chi connectivity index (χ0) is 15.6. The number of anilines is 2. The van der Waals surface area contributed by atoms with Gasteiger partial charge in [0.2, 0.25) is 0 Å². The number of hydrogen-bond donors (Lipinski definition) is 1. The maximum absolute atomic E-state index is 12.1. The van der Waals surface area contributed by atoms with Gasteiger partial charge in [-0.1, -0.05) is 20.8 Å². The van der Waals surface area contributed by atoms with Crippen LogP contribution in [0.1, 0.15) is 56.1 Å². The molecule has 0 bridgehead atoms. The molecule has 1 aliphatic heterocycles. The summed E-state index contributed by atoms with van der Waals surface area (Å²) < 4.78 is 0. The second kappa shape index (κ2) is 6.61. The van der Waals surface area contributed by atoms with Crippen LogP contribution in [0, 0.1) is 5.41 Å². The molecule has 1 aliphatic rings. The van der Waals surface area contributed by atoms with Crippen molar-refractivity contribution in [3.8, 4) is 0 Å². The lowest BCUT2D eigenvalue weighted by Crippen LogP contribution is -2.24. The molecule has 1 aromatic heterocycles. The molecule has 0 saturated carbocycles. The lowest BCUT2D eigenvalue weighted by molar-refractivity contribution is 0.0992. The molecule has 2 rings (SSSR count). The molecule has 118 valence electrons. The number of carbonyl (C=O) groups is 1. The van der Waals surface area contributed by atoms with Crippen LogP contribution >= 0.6 is 23.1 Å². The number of nitrogens with two attached hydrogens (primary N) is 1. The van der Waals surface area contributed by atoms with Crippen molar-refractivity contribution in [3.05, 3.63) is 4.88 Å². The van der Waals surface area contributed by atoms with E-state index in [2.05, 4.69) is 18.7 Å². The van der Waals surface area contributed by atoms with Crippen molar-refractivity contribution in [3.63, 3.8) is 0 Å². The highest BCUT2D eigenvalue weighted by Gasteiger charge is 2.27. The number of thiophene rings is 1. The highest BCUT2D eigenvalue weighted by atomic mass is 32.2. The number of thioether (sulfide) groups is 1. The fourth-order valence-corrected chi connectivity index (χ4v) is 5.06. The number of nitrogens with zero attached hydrogens (tertiary/aromatic N) is 1. The van der Waals surface area contributed by atoms with Crippen molar-refractivity contribution in [2.75, 3.05) is 30.0 Å². The minimum absolute atomic E-state index is 0.161. The molecule has 0 atom stereocenters. The van der Waals surface area contributed by atoms with Crippen LogP contribution in [0.15, 0.2) is 4.90 Å². The second-order valence-electron chi connectivity index (χ2n) is 6.46. The SMILES string of the molecule is CCC(=O)c1sc(N2CCCC(C)(C)CC2)c(SC)c1N. The van der Waals surface area contributed by atoms with E-state index in [-0.39, 0.29) is 5.78 Å². The standard InChI is InChI=1S/C16H26N2OS2/c1-5-11(19)13-12(17)14(20-4)15(21-13)18-9-6-7-16(2,3)8-10-18/h5-10,17H2,1-4H3. The van der Waals surface area contributed by atoms with Crippen molar-refractivity contribution in [2.24, 2.45) is 5.41 Å². The summed E-state index contributed by atoms with van der Waals surface area (Å²) in [5, 5.41) is 1.20. The molecular formula is C16H26N2OS2. The summed E-state index contributed by atoms with van der Waals surface area (Å²) in [6.07, 6.45) is 6.22. The summed E-state index contributed by atoms with van der Waals surface area (Å²) in [4.78, 5) is 16.4. The van der Waals surface area contributed by atoms with E-state index in [1.54, 1.807) is 23.1 Å². The molecule has 0 radical (unpaired) electrons. The topological polar surface area (TPSA) is 46.3 Å². The maximum Gasteiger partial charge on any atom is 0.174 e. The Labute approximate surface area is 136 Å². The van der Waals surface area contributed by atoms with Crippen LogP contribution in [-0.4, -0.2) is 25.1 Å². The van der Waals surface area contributed by atoms with Crippen LogP contribution in [0.25, 0.3) is 0 Å². The molecule has 1 fully saturated rings. The molecule has 0 amide bonds. The van der Waals surface area contributed by atoms with Gasteiger partial charge in [-0.25, -0.2) is 0 Å². The van der Waals surface area contributed by atoms with Crippen molar-refractivity contribution < 1.29 is 4.79 Å². The Balaban J connectivity index is 2.32. The fourth-order valence-electron chi connectivity index (χ4n) is 2.82. The molecule has 2 heterocycles. The van der Waals surface area contributed by atoms with Crippen molar-refractivity contribution in [1.29, 1.82) is 0 Å². The van der Waals surface area contributed by atoms with Gasteiger partial charge in [0.25, 0.3) is 0 Å². The average molecular weight is 327 g/mol. The smallest absolute Gasteiger partial charge is 0.174 e. The number of Topliss-reactive ketones (excluding diaryl/α,β-unsaturated/α-hetero) is 1. The molecule has 0 aliphatic carbocycles. The van der Waals surface area contributed by atoms with E-state index in [1.165, 1.54) is 24.3 Å². The largest absolute Gasteiger partial charge is 0.396 e. The van der Waals surface area contributed by atoms with E-state index in [9.17, 15) is 4.79 Å². The molecule has 1 aromatic rings. The van der Waals surface area contributed by atoms with Crippen LogP contribution in [0.4, 0.5) is 10.7 Å². The third-order valence-corrected chi connectivity index (χ3v) is 6.55. The zero-order valence-electron chi connectivity index (χ0n) is 13.5. The van der Waals surface area contributed by atoms with Gasteiger partial charge in [0.1, 0.15) is 5.00 Å². The van der Waals surface area contributed by atoms with Crippen LogP contribution in [0.3, 0.4) is 0 Å². The minimum Gasteiger partial charge on any atom is -0.396 e. The first-order chi connectivity index (χ1) is 9.89. The van der Waals surface area contributed by atoms with E-state index in [0.717, 1.165) is 22.9 Å². The van der Waals surface area contributed by atoms with Gasteiger partial charge >= 0.3 is 0 Å². The van der Waals surface area contributed by atoms with Crippen molar-refractivity contribution in [1.82, 2.24) is 0 Å². The molecule has 21 heavy (non-hydrogen) atoms. The van der Waals surface area contributed by atoms with Crippen LogP contribution in [-0.2, 0) is 0 Å². The predicted molar refractivity (Wildman–Crippen MR) is 95.0 cm³/mol. The Hall–Kier alpha value is -0.680. The summed E-state index contributed by atoms with van der Waals surface area (Å²) >= 11 is 3.25. The van der Waals surface area contributed by atoms with Gasteiger partial charge in [0.05, 0.1) is 15.5 Å². The Kier molecular flexibility index (Phi) is 5.25. The lowest BCUT2D eigenvalue weighted by Gasteiger charge is -2.24.